The van der Waals surface area contributed by atoms with Crippen molar-refractivity contribution in [3.05, 3.63) is 58.3 Å². The fourth-order valence-corrected chi connectivity index (χ4v) is 2.25. The first kappa shape index (κ1) is 18.4. The predicted molar refractivity (Wildman–Crippen MR) is 88.9 cm³/mol. The summed E-state index contributed by atoms with van der Waals surface area (Å²) in [6.45, 7) is 4.60. The number of aromatic carboxylic acids is 1. The van der Waals surface area contributed by atoms with Gasteiger partial charge in [0, 0.05) is 6.20 Å². The molecule has 0 saturated carbocycles. The smallest absolute Gasteiger partial charge is 0.341 e. The first-order chi connectivity index (χ1) is 11.6. The molecule has 1 aromatic heterocycles. The maximum absolute atomic E-state index is 13.4. The number of benzene rings is 1. The van der Waals surface area contributed by atoms with Gasteiger partial charge in [-0.05, 0) is 50.1 Å². The Morgan fingerprint density at radius 2 is 1.88 bits per heavy atom. The summed E-state index contributed by atoms with van der Waals surface area (Å²) in [5.41, 5.74) is -1.39. The zero-order valence-corrected chi connectivity index (χ0v) is 14.1. The number of hydrogen-bond acceptors (Lipinski definition) is 4. The minimum Gasteiger partial charge on any atom is -0.477 e. The molecule has 25 heavy (non-hydrogen) atoms. The lowest BCUT2D eigenvalue weighted by Gasteiger charge is -2.20. The van der Waals surface area contributed by atoms with Gasteiger partial charge >= 0.3 is 11.9 Å². The van der Waals surface area contributed by atoms with Crippen molar-refractivity contribution in [2.45, 2.75) is 32.9 Å². The number of pyridine rings is 1. The molecule has 0 aliphatic rings. The van der Waals surface area contributed by atoms with Crippen LogP contribution < -0.4 is 5.56 Å². The average Bonchev–Trinajstić information content (AvgIpc) is 2.47. The summed E-state index contributed by atoms with van der Waals surface area (Å²) in [5, 5.41) is 9.23. The third kappa shape index (κ3) is 4.76. The van der Waals surface area contributed by atoms with Crippen molar-refractivity contribution in [1.29, 1.82) is 0 Å². The molecule has 0 aliphatic carbocycles. The second-order valence-corrected chi connectivity index (χ2v) is 6.48. The lowest BCUT2D eigenvalue weighted by atomic mass is 10.1. The van der Waals surface area contributed by atoms with Crippen molar-refractivity contribution in [2.75, 3.05) is 0 Å². The molecular weight excluding hydrogens is 329 g/mol. The van der Waals surface area contributed by atoms with Gasteiger partial charge in [0.2, 0.25) is 0 Å². The third-order valence-electron chi connectivity index (χ3n) is 3.19. The van der Waals surface area contributed by atoms with E-state index in [4.69, 9.17) is 4.74 Å². The molecule has 0 unspecified atom stereocenters. The zero-order valence-electron chi connectivity index (χ0n) is 14.1. The van der Waals surface area contributed by atoms with E-state index in [1.807, 2.05) is 0 Å². The van der Waals surface area contributed by atoms with Crippen LogP contribution in [0.4, 0.5) is 4.39 Å². The van der Waals surface area contributed by atoms with Gasteiger partial charge in [0.15, 0.2) is 0 Å². The molecular formula is C18H18FNO5. The molecule has 0 radical (unpaired) electrons. The first-order valence-corrected chi connectivity index (χ1v) is 7.52. The number of nitrogens with zero attached hydrogens (tertiary/aromatic N) is 1. The Balaban J connectivity index is 2.50. The van der Waals surface area contributed by atoms with E-state index in [2.05, 4.69) is 0 Å². The number of ether oxygens (including phenoxy) is 1. The van der Waals surface area contributed by atoms with Gasteiger partial charge in [0.1, 0.15) is 23.5 Å². The monoisotopic (exact) mass is 347 g/mol. The highest BCUT2D eigenvalue weighted by atomic mass is 19.1. The lowest BCUT2D eigenvalue weighted by Crippen LogP contribution is -2.32. The molecule has 0 bridgehead atoms. The Hall–Kier alpha value is -2.96. The number of hydrogen-bond donors (Lipinski definition) is 1. The third-order valence-corrected chi connectivity index (χ3v) is 3.19. The molecule has 1 heterocycles. The largest absolute Gasteiger partial charge is 0.477 e. The normalized spacial score (nSPS) is 11.2. The molecule has 0 atom stereocenters. The summed E-state index contributed by atoms with van der Waals surface area (Å²) in [6, 6.07) is 6.66. The SMILES string of the molecule is CC(C)(C)OC(=O)Cn1cc(-c2cccc(F)c2)cc(C(=O)O)c1=O. The summed E-state index contributed by atoms with van der Waals surface area (Å²) in [7, 11) is 0. The van der Waals surface area contributed by atoms with Crippen LogP contribution in [0.2, 0.25) is 0 Å². The molecule has 2 aromatic rings. The van der Waals surface area contributed by atoms with Crippen molar-refractivity contribution in [1.82, 2.24) is 4.57 Å². The molecule has 0 amide bonds. The standard InChI is InChI=1S/C18H18FNO5/c1-18(2,3)25-15(21)10-20-9-12(8-14(16(20)22)17(23)24)11-5-4-6-13(19)7-11/h4-9H,10H2,1-3H3,(H,23,24). The van der Waals surface area contributed by atoms with Crippen LogP contribution in [0.5, 0.6) is 0 Å². The summed E-state index contributed by atoms with van der Waals surface area (Å²) < 4.78 is 19.5. The second-order valence-electron chi connectivity index (χ2n) is 6.48. The highest BCUT2D eigenvalue weighted by molar-refractivity contribution is 5.89. The summed E-state index contributed by atoms with van der Waals surface area (Å²) >= 11 is 0. The molecule has 7 heteroatoms. The minimum atomic E-state index is -1.43. The van der Waals surface area contributed by atoms with Crippen LogP contribution in [0.3, 0.4) is 0 Å². The van der Waals surface area contributed by atoms with Crippen molar-refractivity contribution in [2.24, 2.45) is 0 Å². The van der Waals surface area contributed by atoms with E-state index >= 15 is 0 Å². The number of aromatic nitrogens is 1. The first-order valence-electron chi connectivity index (χ1n) is 7.52. The lowest BCUT2D eigenvalue weighted by molar-refractivity contribution is -0.155. The van der Waals surface area contributed by atoms with Crippen molar-refractivity contribution < 1.29 is 23.8 Å². The maximum atomic E-state index is 13.4. The molecule has 0 fully saturated rings. The van der Waals surface area contributed by atoms with Crippen LogP contribution in [0.25, 0.3) is 11.1 Å². The number of rotatable bonds is 4. The highest BCUT2D eigenvalue weighted by Gasteiger charge is 2.20. The molecule has 1 N–H and O–H groups in total. The van der Waals surface area contributed by atoms with Crippen LogP contribution in [-0.4, -0.2) is 27.2 Å². The molecule has 1 aromatic carbocycles. The van der Waals surface area contributed by atoms with Gasteiger partial charge in [0.05, 0.1) is 0 Å². The van der Waals surface area contributed by atoms with Gasteiger partial charge < -0.3 is 14.4 Å². The predicted octanol–water partition coefficient (Wildman–Crippen LogP) is 2.69. The molecule has 0 saturated heterocycles. The number of halogens is 1. The van der Waals surface area contributed by atoms with Crippen molar-refractivity contribution >= 4 is 11.9 Å². The second kappa shape index (κ2) is 6.88. The minimum absolute atomic E-state index is 0.306. The molecule has 6 nitrogen and oxygen atoms in total. The maximum Gasteiger partial charge on any atom is 0.341 e. The average molecular weight is 347 g/mol. The molecule has 132 valence electrons. The van der Waals surface area contributed by atoms with E-state index in [0.29, 0.717) is 11.1 Å². The number of carbonyl (C=O) groups is 2. The van der Waals surface area contributed by atoms with E-state index in [-0.39, 0.29) is 0 Å². The van der Waals surface area contributed by atoms with Gasteiger partial charge in [0.25, 0.3) is 5.56 Å². The fraction of sp³-hybridized carbons (Fsp3) is 0.278. The zero-order chi connectivity index (χ0) is 18.8. The Kier molecular flexibility index (Phi) is 5.06. The van der Waals surface area contributed by atoms with Gasteiger partial charge in [-0.1, -0.05) is 12.1 Å². The Bertz CT molecular complexity index is 880. The van der Waals surface area contributed by atoms with E-state index in [1.54, 1.807) is 26.8 Å². The van der Waals surface area contributed by atoms with Crippen LogP contribution in [0.1, 0.15) is 31.1 Å². The summed E-state index contributed by atoms with van der Waals surface area (Å²) in [5.74, 6) is -2.61. The van der Waals surface area contributed by atoms with Gasteiger partial charge in [-0.3, -0.25) is 9.59 Å². The van der Waals surface area contributed by atoms with Crippen molar-refractivity contribution in [3.8, 4) is 11.1 Å². The van der Waals surface area contributed by atoms with Crippen molar-refractivity contribution in [3.63, 3.8) is 0 Å². The Labute approximate surface area is 143 Å². The van der Waals surface area contributed by atoms with Crippen LogP contribution in [0, 0.1) is 5.82 Å². The quantitative estimate of drug-likeness (QED) is 0.860. The molecule has 0 aliphatic heterocycles. The molecule has 2 rings (SSSR count). The highest BCUT2D eigenvalue weighted by Crippen LogP contribution is 2.20. The van der Waals surface area contributed by atoms with Crippen LogP contribution in [0.15, 0.2) is 41.3 Å². The fourth-order valence-electron chi connectivity index (χ4n) is 2.25. The Morgan fingerprint density at radius 3 is 2.44 bits per heavy atom. The van der Waals surface area contributed by atoms with E-state index in [9.17, 15) is 23.9 Å². The Morgan fingerprint density at radius 1 is 1.20 bits per heavy atom. The number of carbonyl (C=O) groups excluding carboxylic acids is 1. The summed E-state index contributed by atoms with van der Waals surface area (Å²) in [4.78, 5) is 35.6. The van der Waals surface area contributed by atoms with E-state index in [1.165, 1.54) is 24.4 Å². The van der Waals surface area contributed by atoms with Crippen LogP contribution in [-0.2, 0) is 16.1 Å². The number of esters is 1. The molecule has 0 spiro atoms. The van der Waals surface area contributed by atoms with Gasteiger partial charge in [-0.15, -0.1) is 0 Å². The topological polar surface area (TPSA) is 85.6 Å². The number of carboxylic acids is 1. The van der Waals surface area contributed by atoms with Gasteiger partial charge in [-0.2, -0.15) is 0 Å². The van der Waals surface area contributed by atoms with E-state index in [0.717, 1.165) is 10.6 Å². The summed E-state index contributed by atoms with van der Waals surface area (Å²) in [6.07, 6.45) is 1.31. The van der Waals surface area contributed by atoms with E-state index < -0.39 is 41.0 Å². The van der Waals surface area contributed by atoms with Crippen LogP contribution >= 0.6 is 0 Å². The van der Waals surface area contributed by atoms with Gasteiger partial charge in [-0.25, -0.2) is 9.18 Å². The number of carboxylic acid groups (broad SMARTS) is 1.